The Bertz CT molecular complexity index is 860. The summed E-state index contributed by atoms with van der Waals surface area (Å²) in [5.74, 6) is 1.40. The fourth-order valence-electron chi connectivity index (χ4n) is 3.66. The van der Waals surface area contributed by atoms with Crippen molar-refractivity contribution in [1.82, 2.24) is 4.90 Å². The summed E-state index contributed by atoms with van der Waals surface area (Å²) in [7, 11) is 3.28. The van der Waals surface area contributed by atoms with Crippen LogP contribution in [0.25, 0.3) is 0 Å². The molecule has 1 aliphatic heterocycles. The van der Waals surface area contributed by atoms with Crippen LogP contribution in [-0.4, -0.2) is 37.6 Å². The zero-order valence-corrected chi connectivity index (χ0v) is 17.7. The van der Waals surface area contributed by atoms with Crippen molar-refractivity contribution in [2.24, 2.45) is 0 Å². The topological polar surface area (TPSA) is 50.8 Å². The number of anilines is 1. The monoisotopic (exact) mass is 422 g/mol. The van der Waals surface area contributed by atoms with Gasteiger partial charge in [0, 0.05) is 22.7 Å². The first-order valence-corrected chi connectivity index (χ1v) is 9.93. The molecule has 2 aromatic rings. The SMILES string of the molecule is COc1ccc([C@H]2CCCN2[C@H](C)C(=O)Nc2ccc(Cl)cc2Cl)c(OC)c1. The number of carbonyl (C=O) groups excluding carboxylic acids is 1. The summed E-state index contributed by atoms with van der Waals surface area (Å²) in [6.07, 6.45) is 1.97. The molecule has 7 heteroatoms. The number of methoxy groups -OCH3 is 2. The van der Waals surface area contributed by atoms with E-state index in [1.165, 1.54) is 0 Å². The van der Waals surface area contributed by atoms with E-state index >= 15 is 0 Å². The molecule has 2 aromatic carbocycles. The first kappa shape index (κ1) is 20.8. The molecule has 0 spiro atoms. The Morgan fingerprint density at radius 1 is 1.18 bits per heavy atom. The highest BCUT2D eigenvalue weighted by molar-refractivity contribution is 6.36. The van der Waals surface area contributed by atoms with E-state index in [1.54, 1.807) is 32.4 Å². The molecule has 0 unspecified atom stereocenters. The van der Waals surface area contributed by atoms with Gasteiger partial charge >= 0.3 is 0 Å². The maximum Gasteiger partial charge on any atom is 0.241 e. The Morgan fingerprint density at radius 2 is 1.96 bits per heavy atom. The van der Waals surface area contributed by atoms with Crippen LogP contribution in [-0.2, 0) is 4.79 Å². The molecule has 1 fully saturated rings. The molecule has 0 radical (unpaired) electrons. The smallest absolute Gasteiger partial charge is 0.241 e. The van der Waals surface area contributed by atoms with Gasteiger partial charge in [-0.1, -0.05) is 29.3 Å². The van der Waals surface area contributed by atoms with Crippen molar-refractivity contribution in [1.29, 1.82) is 0 Å². The van der Waals surface area contributed by atoms with Crippen LogP contribution in [0.2, 0.25) is 10.0 Å². The van der Waals surface area contributed by atoms with Gasteiger partial charge in [-0.25, -0.2) is 0 Å². The predicted molar refractivity (Wildman–Crippen MR) is 113 cm³/mol. The number of halogens is 2. The fourth-order valence-corrected chi connectivity index (χ4v) is 4.11. The van der Waals surface area contributed by atoms with Crippen LogP contribution >= 0.6 is 23.2 Å². The van der Waals surface area contributed by atoms with E-state index in [1.807, 2.05) is 25.1 Å². The van der Waals surface area contributed by atoms with Gasteiger partial charge in [-0.05, 0) is 50.6 Å². The van der Waals surface area contributed by atoms with Gasteiger partial charge in [0.15, 0.2) is 0 Å². The number of benzene rings is 2. The number of nitrogens with zero attached hydrogens (tertiary/aromatic N) is 1. The van der Waals surface area contributed by atoms with Crippen LogP contribution in [0.5, 0.6) is 11.5 Å². The van der Waals surface area contributed by atoms with E-state index in [0.29, 0.717) is 15.7 Å². The number of likely N-dealkylation sites (tertiary alicyclic amines) is 1. The number of carbonyl (C=O) groups is 1. The first-order chi connectivity index (χ1) is 13.4. The maximum atomic E-state index is 12.9. The number of amides is 1. The molecule has 0 saturated carbocycles. The van der Waals surface area contributed by atoms with Crippen molar-refractivity contribution >= 4 is 34.8 Å². The van der Waals surface area contributed by atoms with E-state index in [0.717, 1.165) is 36.4 Å². The van der Waals surface area contributed by atoms with Crippen LogP contribution in [0.15, 0.2) is 36.4 Å². The van der Waals surface area contributed by atoms with Gasteiger partial charge < -0.3 is 14.8 Å². The molecule has 1 amide bonds. The third-order valence-electron chi connectivity index (χ3n) is 5.16. The number of nitrogens with one attached hydrogen (secondary N) is 1. The van der Waals surface area contributed by atoms with Crippen molar-refractivity contribution in [3.8, 4) is 11.5 Å². The summed E-state index contributed by atoms with van der Waals surface area (Å²) in [6, 6.07) is 10.6. The number of rotatable bonds is 6. The first-order valence-electron chi connectivity index (χ1n) is 9.18. The molecule has 0 bridgehead atoms. The van der Waals surface area contributed by atoms with Crippen LogP contribution < -0.4 is 14.8 Å². The van der Waals surface area contributed by atoms with Gasteiger partial charge in [0.2, 0.25) is 5.91 Å². The summed E-state index contributed by atoms with van der Waals surface area (Å²) in [4.78, 5) is 15.1. The molecule has 3 rings (SSSR count). The summed E-state index contributed by atoms with van der Waals surface area (Å²) in [5, 5.41) is 3.86. The molecule has 1 heterocycles. The molecule has 1 N–H and O–H groups in total. The number of hydrogen-bond donors (Lipinski definition) is 1. The standard InChI is InChI=1S/C21H24Cl2N2O3/c1-13(21(26)24-18-9-6-14(22)11-17(18)23)25-10-4-5-19(25)16-8-7-15(27-2)12-20(16)28-3/h6-9,11-13,19H,4-5,10H2,1-3H3,(H,24,26)/t13-,19-/m1/s1. The third-order valence-corrected chi connectivity index (χ3v) is 5.71. The van der Waals surface area contributed by atoms with Gasteiger partial charge in [-0.2, -0.15) is 0 Å². The second kappa shape index (κ2) is 9.03. The molecular weight excluding hydrogens is 399 g/mol. The van der Waals surface area contributed by atoms with Gasteiger partial charge in [-0.3, -0.25) is 9.69 Å². The molecule has 0 aromatic heterocycles. The Labute approximate surface area is 175 Å². The summed E-state index contributed by atoms with van der Waals surface area (Å²) >= 11 is 12.1. The third kappa shape index (κ3) is 4.37. The van der Waals surface area contributed by atoms with Gasteiger partial charge in [-0.15, -0.1) is 0 Å². The Morgan fingerprint density at radius 3 is 2.64 bits per heavy atom. The van der Waals surface area contributed by atoms with Crippen LogP contribution in [0.4, 0.5) is 5.69 Å². The lowest BCUT2D eigenvalue weighted by atomic mass is 10.0. The molecule has 150 valence electrons. The lowest BCUT2D eigenvalue weighted by Gasteiger charge is -2.31. The van der Waals surface area contributed by atoms with Crippen molar-refractivity contribution in [2.75, 3.05) is 26.1 Å². The second-order valence-corrected chi connectivity index (χ2v) is 7.64. The molecule has 0 aliphatic carbocycles. The summed E-state index contributed by atoms with van der Waals surface area (Å²) in [5.41, 5.74) is 1.62. The molecule has 5 nitrogen and oxygen atoms in total. The van der Waals surface area contributed by atoms with Crippen LogP contribution in [0.3, 0.4) is 0 Å². The Balaban J connectivity index is 1.79. The normalized spacial score (nSPS) is 18.0. The van der Waals surface area contributed by atoms with Gasteiger partial charge in [0.25, 0.3) is 0 Å². The van der Waals surface area contributed by atoms with E-state index in [9.17, 15) is 4.79 Å². The van der Waals surface area contributed by atoms with Crippen molar-refractivity contribution in [2.45, 2.75) is 31.8 Å². The summed E-state index contributed by atoms with van der Waals surface area (Å²) < 4.78 is 10.9. The quantitative estimate of drug-likeness (QED) is 0.696. The van der Waals surface area contributed by atoms with E-state index in [2.05, 4.69) is 10.2 Å². The molecule has 1 aliphatic rings. The highest BCUT2D eigenvalue weighted by Gasteiger charge is 2.34. The molecule has 1 saturated heterocycles. The Hall–Kier alpha value is -1.95. The average Bonchev–Trinajstić information content (AvgIpc) is 3.18. The largest absolute Gasteiger partial charge is 0.497 e. The lowest BCUT2D eigenvalue weighted by molar-refractivity contribution is -0.121. The summed E-state index contributed by atoms with van der Waals surface area (Å²) in [6.45, 7) is 2.75. The molecular formula is C21H24Cl2N2O3. The minimum atomic E-state index is -0.328. The van der Waals surface area contributed by atoms with Gasteiger partial charge in [0.05, 0.1) is 31.0 Å². The second-order valence-electron chi connectivity index (χ2n) is 6.79. The highest BCUT2D eigenvalue weighted by atomic mass is 35.5. The molecule has 2 atom stereocenters. The van der Waals surface area contributed by atoms with Crippen molar-refractivity contribution < 1.29 is 14.3 Å². The van der Waals surface area contributed by atoms with Crippen molar-refractivity contribution in [3.63, 3.8) is 0 Å². The predicted octanol–water partition coefficient (Wildman–Crippen LogP) is 5.17. The maximum absolute atomic E-state index is 12.9. The minimum Gasteiger partial charge on any atom is -0.497 e. The highest BCUT2D eigenvalue weighted by Crippen LogP contribution is 2.40. The zero-order chi connectivity index (χ0) is 20.3. The zero-order valence-electron chi connectivity index (χ0n) is 16.2. The number of hydrogen-bond acceptors (Lipinski definition) is 4. The average molecular weight is 423 g/mol. The number of ether oxygens (including phenoxy) is 2. The van der Waals surface area contributed by atoms with Crippen LogP contribution in [0.1, 0.15) is 31.4 Å². The lowest BCUT2D eigenvalue weighted by Crippen LogP contribution is -2.41. The fraction of sp³-hybridized carbons (Fsp3) is 0.381. The van der Waals surface area contributed by atoms with Crippen LogP contribution in [0, 0.1) is 0 Å². The Kier molecular flexibility index (Phi) is 6.70. The molecule has 28 heavy (non-hydrogen) atoms. The van der Waals surface area contributed by atoms with E-state index in [4.69, 9.17) is 32.7 Å². The minimum absolute atomic E-state index is 0.0993. The van der Waals surface area contributed by atoms with E-state index < -0.39 is 0 Å². The van der Waals surface area contributed by atoms with Gasteiger partial charge in [0.1, 0.15) is 11.5 Å². The van der Waals surface area contributed by atoms with Crippen molar-refractivity contribution in [3.05, 3.63) is 52.0 Å². The van der Waals surface area contributed by atoms with E-state index in [-0.39, 0.29) is 18.0 Å².